The molecule has 4 aromatic rings. The van der Waals surface area contributed by atoms with E-state index < -0.39 is 6.04 Å². The smallest absolute Gasteiger partial charge is 0.247 e. The van der Waals surface area contributed by atoms with Gasteiger partial charge >= 0.3 is 0 Å². The highest BCUT2D eigenvalue weighted by atomic mass is 16.2. The lowest BCUT2D eigenvalue weighted by Crippen LogP contribution is -2.46. The van der Waals surface area contributed by atoms with Crippen LogP contribution in [0.5, 0.6) is 0 Å². The predicted molar refractivity (Wildman–Crippen MR) is 146 cm³/mol. The SMILES string of the molecule is CCN(CCNC(=O)C[C@H]1C(=O)N(Cc2ccccc2)[C@@H](C)c2nc3ccccc3n21)c1ccccc1. The number of imidazole rings is 1. The van der Waals surface area contributed by atoms with E-state index in [1.165, 1.54) is 0 Å². The summed E-state index contributed by atoms with van der Waals surface area (Å²) >= 11 is 0. The van der Waals surface area contributed by atoms with E-state index in [1.807, 2.05) is 89.2 Å². The van der Waals surface area contributed by atoms with Gasteiger partial charge in [-0.25, -0.2) is 4.98 Å². The fourth-order valence-electron chi connectivity index (χ4n) is 5.18. The Morgan fingerprint density at radius 3 is 2.38 bits per heavy atom. The van der Waals surface area contributed by atoms with E-state index in [1.54, 1.807) is 0 Å². The summed E-state index contributed by atoms with van der Waals surface area (Å²) in [6.45, 7) is 6.63. The molecule has 2 heterocycles. The number of likely N-dealkylation sites (N-methyl/N-ethyl adjacent to an activating group) is 1. The summed E-state index contributed by atoms with van der Waals surface area (Å²) in [5.41, 5.74) is 3.90. The molecule has 1 N–H and O–H groups in total. The highest BCUT2D eigenvalue weighted by Crippen LogP contribution is 2.37. The first-order valence-electron chi connectivity index (χ1n) is 12.9. The van der Waals surface area contributed by atoms with Crippen LogP contribution in [0.15, 0.2) is 84.9 Å². The highest BCUT2D eigenvalue weighted by molar-refractivity contribution is 5.90. The van der Waals surface area contributed by atoms with Gasteiger partial charge in [-0.1, -0.05) is 60.7 Å². The molecule has 0 radical (unpaired) electrons. The van der Waals surface area contributed by atoms with Crippen LogP contribution in [-0.4, -0.2) is 45.9 Å². The van der Waals surface area contributed by atoms with Crippen LogP contribution in [0.2, 0.25) is 0 Å². The maximum Gasteiger partial charge on any atom is 0.247 e. The van der Waals surface area contributed by atoms with E-state index in [-0.39, 0.29) is 24.3 Å². The maximum absolute atomic E-state index is 13.9. The van der Waals surface area contributed by atoms with Crippen LogP contribution in [0.1, 0.15) is 43.7 Å². The molecule has 0 saturated heterocycles. The van der Waals surface area contributed by atoms with E-state index >= 15 is 0 Å². The quantitative estimate of drug-likeness (QED) is 0.365. The molecule has 1 aliphatic heterocycles. The summed E-state index contributed by atoms with van der Waals surface area (Å²) in [6, 6.07) is 27.1. The number of benzene rings is 3. The van der Waals surface area contributed by atoms with Crippen molar-refractivity contribution in [2.24, 2.45) is 0 Å². The van der Waals surface area contributed by atoms with Crippen LogP contribution in [-0.2, 0) is 16.1 Å². The zero-order valence-corrected chi connectivity index (χ0v) is 21.4. The number of rotatable bonds is 9. The second-order valence-corrected chi connectivity index (χ2v) is 9.44. The Bertz CT molecular complexity index is 1370. The molecule has 7 nitrogen and oxygen atoms in total. The number of hydrogen-bond donors (Lipinski definition) is 1. The molecule has 0 aliphatic carbocycles. The Kier molecular flexibility index (Phi) is 7.21. The average molecular weight is 496 g/mol. The van der Waals surface area contributed by atoms with Crippen molar-refractivity contribution in [2.45, 2.75) is 38.9 Å². The normalized spacial score (nSPS) is 17.0. The Morgan fingerprint density at radius 2 is 1.65 bits per heavy atom. The first-order valence-corrected chi connectivity index (χ1v) is 12.9. The molecule has 37 heavy (non-hydrogen) atoms. The second-order valence-electron chi connectivity index (χ2n) is 9.44. The Balaban J connectivity index is 1.35. The number of carbonyl (C=O) groups excluding carboxylic acids is 2. The van der Waals surface area contributed by atoms with Crippen molar-refractivity contribution in [3.63, 3.8) is 0 Å². The fraction of sp³-hybridized carbons (Fsp3) is 0.300. The van der Waals surface area contributed by atoms with Crippen LogP contribution >= 0.6 is 0 Å². The van der Waals surface area contributed by atoms with Gasteiger partial charge in [0.1, 0.15) is 11.9 Å². The summed E-state index contributed by atoms with van der Waals surface area (Å²) in [4.78, 5) is 36.0. The van der Waals surface area contributed by atoms with Gasteiger partial charge in [0.25, 0.3) is 0 Å². The van der Waals surface area contributed by atoms with Gasteiger partial charge in [0, 0.05) is 31.9 Å². The minimum Gasteiger partial charge on any atom is -0.370 e. The van der Waals surface area contributed by atoms with Crippen LogP contribution in [0.25, 0.3) is 11.0 Å². The monoisotopic (exact) mass is 495 g/mol. The third-order valence-corrected chi connectivity index (χ3v) is 7.13. The van der Waals surface area contributed by atoms with Crippen LogP contribution in [0.3, 0.4) is 0 Å². The molecule has 1 aliphatic rings. The largest absolute Gasteiger partial charge is 0.370 e. The fourth-order valence-corrected chi connectivity index (χ4v) is 5.18. The lowest BCUT2D eigenvalue weighted by atomic mass is 10.0. The molecule has 2 amide bonds. The molecule has 1 aromatic heterocycles. The van der Waals surface area contributed by atoms with Crippen molar-refractivity contribution in [3.05, 3.63) is 96.3 Å². The molecule has 2 atom stereocenters. The van der Waals surface area contributed by atoms with Crippen molar-refractivity contribution in [1.82, 2.24) is 19.8 Å². The van der Waals surface area contributed by atoms with Crippen molar-refractivity contribution in [1.29, 1.82) is 0 Å². The zero-order chi connectivity index (χ0) is 25.8. The summed E-state index contributed by atoms with van der Waals surface area (Å²) < 4.78 is 1.98. The maximum atomic E-state index is 13.9. The number of aromatic nitrogens is 2. The van der Waals surface area contributed by atoms with E-state index in [0.29, 0.717) is 19.6 Å². The summed E-state index contributed by atoms with van der Waals surface area (Å²) in [5, 5.41) is 3.05. The molecule has 0 unspecified atom stereocenters. The zero-order valence-electron chi connectivity index (χ0n) is 21.4. The van der Waals surface area contributed by atoms with E-state index in [0.717, 1.165) is 34.7 Å². The second kappa shape index (κ2) is 10.9. The Labute approximate surface area is 217 Å². The molecule has 0 saturated carbocycles. The highest BCUT2D eigenvalue weighted by Gasteiger charge is 2.40. The average Bonchev–Trinajstić information content (AvgIpc) is 3.32. The van der Waals surface area contributed by atoms with Crippen molar-refractivity contribution in [3.8, 4) is 0 Å². The standard InChI is InChI=1S/C30H33N5O2/c1-3-33(24-14-8-5-9-15-24)19-18-31-28(36)20-27-30(37)34(21-23-12-6-4-7-13-23)22(2)29-32-25-16-10-11-17-26(25)35(27)29/h4-17,22,27H,3,18-21H2,1-2H3,(H,31,36)/t22-,27-/m0/s1. The van der Waals surface area contributed by atoms with Crippen molar-refractivity contribution >= 4 is 28.5 Å². The van der Waals surface area contributed by atoms with E-state index in [2.05, 4.69) is 29.3 Å². The van der Waals surface area contributed by atoms with Crippen LogP contribution in [0.4, 0.5) is 5.69 Å². The molecule has 0 fully saturated rings. The molecular weight excluding hydrogens is 462 g/mol. The van der Waals surface area contributed by atoms with Gasteiger partial charge in [0.15, 0.2) is 0 Å². The molecule has 7 heteroatoms. The number of carbonyl (C=O) groups is 2. The van der Waals surface area contributed by atoms with Gasteiger partial charge in [-0.2, -0.15) is 0 Å². The number of amides is 2. The number of nitrogens with zero attached hydrogens (tertiary/aromatic N) is 4. The first-order chi connectivity index (χ1) is 18.1. The number of para-hydroxylation sites is 3. The summed E-state index contributed by atoms with van der Waals surface area (Å²) in [7, 11) is 0. The number of anilines is 1. The van der Waals surface area contributed by atoms with Gasteiger partial charge < -0.3 is 19.7 Å². The third-order valence-electron chi connectivity index (χ3n) is 7.13. The molecule has 190 valence electrons. The minimum atomic E-state index is -0.640. The number of hydrogen-bond acceptors (Lipinski definition) is 4. The lowest BCUT2D eigenvalue weighted by Gasteiger charge is -2.38. The molecule has 0 bridgehead atoms. The number of nitrogens with one attached hydrogen (secondary N) is 1. The third kappa shape index (κ3) is 5.07. The predicted octanol–water partition coefficient (Wildman–Crippen LogP) is 4.71. The minimum absolute atomic E-state index is 0.0540. The molecular formula is C30H33N5O2. The summed E-state index contributed by atoms with van der Waals surface area (Å²) in [5.74, 6) is 0.623. The summed E-state index contributed by atoms with van der Waals surface area (Å²) in [6.07, 6.45) is 0.0711. The Morgan fingerprint density at radius 1 is 0.973 bits per heavy atom. The first kappa shape index (κ1) is 24.6. The van der Waals surface area contributed by atoms with Gasteiger partial charge in [0.2, 0.25) is 11.8 Å². The number of fused-ring (bicyclic) bond motifs is 3. The Hall–Kier alpha value is -4.13. The molecule has 0 spiro atoms. The van der Waals surface area contributed by atoms with Crippen LogP contribution < -0.4 is 10.2 Å². The van der Waals surface area contributed by atoms with E-state index in [4.69, 9.17) is 4.98 Å². The van der Waals surface area contributed by atoms with Crippen molar-refractivity contribution in [2.75, 3.05) is 24.5 Å². The van der Waals surface area contributed by atoms with Crippen LogP contribution in [0, 0.1) is 0 Å². The van der Waals surface area contributed by atoms with Gasteiger partial charge in [0.05, 0.1) is 23.5 Å². The van der Waals surface area contributed by atoms with Gasteiger partial charge in [-0.3, -0.25) is 9.59 Å². The van der Waals surface area contributed by atoms with Gasteiger partial charge in [-0.15, -0.1) is 0 Å². The lowest BCUT2D eigenvalue weighted by molar-refractivity contribution is -0.142. The van der Waals surface area contributed by atoms with Crippen molar-refractivity contribution < 1.29 is 9.59 Å². The van der Waals surface area contributed by atoms with E-state index in [9.17, 15) is 9.59 Å². The molecule has 5 rings (SSSR count). The topological polar surface area (TPSA) is 70.5 Å². The molecule has 3 aromatic carbocycles. The van der Waals surface area contributed by atoms with Gasteiger partial charge in [-0.05, 0) is 43.7 Å².